The van der Waals surface area contributed by atoms with Crippen molar-refractivity contribution in [3.63, 3.8) is 0 Å². The van der Waals surface area contributed by atoms with Gasteiger partial charge in [-0.1, -0.05) is 6.07 Å². The van der Waals surface area contributed by atoms with E-state index in [4.69, 9.17) is 0 Å². The molecule has 2 aromatic rings. The predicted octanol–water partition coefficient (Wildman–Crippen LogP) is 4.05. The van der Waals surface area contributed by atoms with Crippen molar-refractivity contribution >= 4 is 11.7 Å². The second-order valence-electron chi connectivity index (χ2n) is 6.56. The summed E-state index contributed by atoms with van der Waals surface area (Å²) in [5, 5.41) is 9.17. The molecule has 27 heavy (non-hydrogen) atoms. The SMILES string of the molecule is O=C(CCCN1CCCC1)Nc1cc(-c2ccc(C(F)(F)F)c(F)c2)n[nH]1. The molecule has 1 aromatic carbocycles. The van der Waals surface area contributed by atoms with Gasteiger partial charge in [0.05, 0.1) is 11.3 Å². The second-order valence-corrected chi connectivity index (χ2v) is 6.56. The molecule has 0 radical (unpaired) electrons. The Kier molecular flexibility index (Phi) is 5.79. The highest BCUT2D eigenvalue weighted by molar-refractivity contribution is 5.90. The van der Waals surface area contributed by atoms with E-state index in [0.717, 1.165) is 38.2 Å². The van der Waals surface area contributed by atoms with Crippen molar-refractivity contribution in [3.8, 4) is 11.3 Å². The third kappa shape index (κ3) is 5.06. The highest BCUT2D eigenvalue weighted by Gasteiger charge is 2.34. The molecule has 2 N–H and O–H groups in total. The van der Waals surface area contributed by atoms with Gasteiger partial charge >= 0.3 is 6.18 Å². The molecule has 1 aliphatic heterocycles. The lowest BCUT2D eigenvalue weighted by atomic mass is 10.1. The van der Waals surface area contributed by atoms with E-state index in [1.807, 2.05) is 0 Å². The number of nitrogens with zero attached hydrogens (tertiary/aromatic N) is 2. The molecule has 0 bridgehead atoms. The molecule has 1 amide bonds. The number of anilines is 1. The van der Waals surface area contributed by atoms with Crippen LogP contribution in [0.3, 0.4) is 0 Å². The summed E-state index contributed by atoms with van der Waals surface area (Å²) >= 11 is 0. The smallest absolute Gasteiger partial charge is 0.311 e. The maximum absolute atomic E-state index is 13.7. The van der Waals surface area contributed by atoms with Crippen LogP contribution in [0.1, 0.15) is 31.2 Å². The van der Waals surface area contributed by atoms with E-state index < -0.39 is 17.6 Å². The first kappa shape index (κ1) is 19.3. The fourth-order valence-electron chi connectivity index (χ4n) is 3.12. The summed E-state index contributed by atoms with van der Waals surface area (Å²) < 4.78 is 51.5. The van der Waals surface area contributed by atoms with Crippen LogP contribution in [-0.2, 0) is 11.0 Å². The molecule has 3 rings (SSSR count). The van der Waals surface area contributed by atoms with Gasteiger partial charge in [0.25, 0.3) is 0 Å². The number of alkyl halides is 3. The van der Waals surface area contributed by atoms with Gasteiger partial charge in [0.1, 0.15) is 11.6 Å². The Bertz CT molecular complexity index is 797. The van der Waals surface area contributed by atoms with Crippen LogP contribution in [0, 0.1) is 5.82 Å². The number of halogens is 4. The summed E-state index contributed by atoms with van der Waals surface area (Å²) in [6, 6.07) is 4.06. The van der Waals surface area contributed by atoms with Crippen LogP contribution in [0.15, 0.2) is 24.3 Å². The van der Waals surface area contributed by atoms with E-state index >= 15 is 0 Å². The van der Waals surface area contributed by atoms with Crippen molar-refractivity contribution in [2.24, 2.45) is 0 Å². The molecule has 2 heterocycles. The Morgan fingerprint density at radius 2 is 1.96 bits per heavy atom. The standard InChI is InChI=1S/C18H20F4N4O/c19-14-10-12(5-6-13(14)18(20,21)22)15-11-16(25-24-15)23-17(27)4-3-9-26-7-1-2-8-26/h5-6,10-11H,1-4,7-9H2,(H2,23,24,25,27). The minimum absolute atomic E-state index is 0.178. The number of nitrogens with one attached hydrogen (secondary N) is 2. The van der Waals surface area contributed by atoms with E-state index in [-0.39, 0.29) is 17.2 Å². The van der Waals surface area contributed by atoms with Crippen LogP contribution >= 0.6 is 0 Å². The molecule has 146 valence electrons. The van der Waals surface area contributed by atoms with Crippen LogP contribution < -0.4 is 5.32 Å². The molecule has 0 aliphatic carbocycles. The number of H-pyrrole nitrogens is 1. The zero-order valence-electron chi connectivity index (χ0n) is 14.6. The quantitative estimate of drug-likeness (QED) is 0.739. The van der Waals surface area contributed by atoms with E-state index in [2.05, 4.69) is 20.4 Å². The predicted molar refractivity (Wildman–Crippen MR) is 92.5 cm³/mol. The lowest BCUT2D eigenvalue weighted by Gasteiger charge is -2.13. The van der Waals surface area contributed by atoms with Gasteiger partial charge in [-0.3, -0.25) is 9.89 Å². The second kappa shape index (κ2) is 8.08. The monoisotopic (exact) mass is 384 g/mol. The van der Waals surface area contributed by atoms with Crippen molar-refractivity contribution in [1.29, 1.82) is 0 Å². The van der Waals surface area contributed by atoms with Crippen molar-refractivity contribution in [1.82, 2.24) is 15.1 Å². The van der Waals surface area contributed by atoms with Crippen molar-refractivity contribution in [3.05, 3.63) is 35.6 Å². The summed E-state index contributed by atoms with van der Waals surface area (Å²) in [4.78, 5) is 14.3. The largest absolute Gasteiger partial charge is 0.419 e. The average molecular weight is 384 g/mol. The van der Waals surface area contributed by atoms with Gasteiger partial charge in [-0.15, -0.1) is 0 Å². The van der Waals surface area contributed by atoms with Gasteiger partial charge in [0, 0.05) is 18.1 Å². The minimum atomic E-state index is -4.75. The molecule has 1 saturated heterocycles. The number of benzene rings is 1. The average Bonchev–Trinajstić information content (AvgIpc) is 3.25. The number of carbonyl (C=O) groups excluding carboxylic acids is 1. The topological polar surface area (TPSA) is 61.0 Å². The summed E-state index contributed by atoms with van der Waals surface area (Å²) in [6.07, 6.45) is -1.24. The van der Waals surface area contributed by atoms with Gasteiger partial charge in [-0.2, -0.15) is 18.3 Å². The lowest BCUT2D eigenvalue weighted by Crippen LogP contribution is -2.22. The Labute approximate surface area is 153 Å². The molecule has 1 fully saturated rings. The Morgan fingerprint density at radius 1 is 1.22 bits per heavy atom. The molecular formula is C18H20F4N4O. The van der Waals surface area contributed by atoms with Crippen molar-refractivity contribution < 1.29 is 22.4 Å². The number of amides is 1. The van der Waals surface area contributed by atoms with Crippen molar-refractivity contribution in [2.75, 3.05) is 25.0 Å². The molecular weight excluding hydrogens is 364 g/mol. The Balaban J connectivity index is 1.56. The zero-order chi connectivity index (χ0) is 19.4. The van der Waals surface area contributed by atoms with E-state index in [0.29, 0.717) is 18.3 Å². The van der Waals surface area contributed by atoms with E-state index in [1.165, 1.54) is 18.9 Å². The molecule has 0 unspecified atom stereocenters. The summed E-state index contributed by atoms with van der Waals surface area (Å²) in [5.74, 6) is -1.23. The lowest BCUT2D eigenvalue weighted by molar-refractivity contribution is -0.140. The van der Waals surface area contributed by atoms with Gasteiger partial charge in [0.15, 0.2) is 0 Å². The number of aromatic amines is 1. The Morgan fingerprint density at radius 3 is 2.63 bits per heavy atom. The zero-order valence-corrected chi connectivity index (χ0v) is 14.6. The van der Waals surface area contributed by atoms with Crippen LogP contribution in [-0.4, -0.2) is 40.6 Å². The van der Waals surface area contributed by atoms with E-state index in [1.54, 1.807) is 0 Å². The summed E-state index contributed by atoms with van der Waals surface area (Å²) in [6.45, 7) is 3.04. The highest BCUT2D eigenvalue weighted by Crippen LogP contribution is 2.33. The maximum Gasteiger partial charge on any atom is 0.419 e. The first-order valence-corrected chi connectivity index (χ1v) is 8.77. The first-order chi connectivity index (χ1) is 12.8. The van der Waals surface area contributed by atoms with Crippen LogP contribution in [0.5, 0.6) is 0 Å². The van der Waals surface area contributed by atoms with Crippen LogP contribution in [0.2, 0.25) is 0 Å². The number of aromatic nitrogens is 2. The van der Waals surface area contributed by atoms with Gasteiger partial charge in [0.2, 0.25) is 5.91 Å². The third-order valence-electron chi connectivity index (χ3n) is 4.50. The molecule has 0 spiro atoms. The third-order valence-corrected chi connectivity index (χ3v) is 4.50. The molecule has 1 aromatic heterocycles. The Hall–Kier alpha value is -2.42. The number of hydrogen-bond acceptors (Lipinski definition) is 3. The molecule has 9 heteroatoms. The fraction of sp³-hybridized carbons (Fsp3) is 0.444. The molecule has 1 aliphatic rings. The van der Waals surface area contributed by atoms with Gasteiger partial charge in [-0.05, 0) is 51.0 Å². The maximum atomic E-state index is 13.7. The normalized spacial score (nSPS) is 15.3. The van der Waals surface area contributed by atoms with Gasteiger partial charge < -0.3 is 10.2 Å². The number of likely N-dealkylation sites (tertiary alicyclic amines) is 1. The molecule has 0 atom stereocenters. The fourth-order valence-corrected chi connectivity index (χ4v) is 3.12. The number of rotatable bonds is 6. The molecule has 5 nitrogen and oxygen atoms in total. The van der Waals surface area contributed by atoms with Gasteiger partial charge in [-0.25, -0.2) is 4.39 Å². The first-order valence-electron chi connectivity index (χ1n) is 8.77. The number of carbonyl (C=O) groups is 1. The number of hydrogen-bond donors (Lipinski definition) is 2. The van der Waals surface area contributed by atoms with Crippen LogP contribution in [0.25, 0.3) is 11.3 Å². The molecule has 0 saturated carbocycles. The van der Waals surface area contributed by atoms with Crippen LogP contribution in [0.4, 0.5) is 23.4 Å². The summed E-state index contributed by atoms with van der Waals surface area (Å²) in [5.41, 5.74) is -0.894. The minimum Gasteiger partial charge on any atom is -0.311 e. The highest BCUT2D eigenvalue weighted by atomic mass is 19.4. The summed E-state index contributed by atoms with van der Waals surface area (Å²) in [7, 11) is 0. The van der Waals surface area contributed by atoms with E-state index in [9.17, 15) is 22.4 Å². The van der Waals surface area contributed by atoms with Crippen molar-refractivity contribution in [2.45, 2.75) is 31.9 Å².